The van der Waals surface area contributed by atoms with Gasteiger partial charge in [-0.3, -0.25) is 9.67 Å². The van der Waals surface area contributed by atoms with Crippen LogP contribution in [0.3, 0.4) is 0 Å². The Morgan fingerprint density at radius 3 is 2.78 bits per heavy atom. The van der Waals surface area contributed by atoms with E-state index in [2.05, 4.69) is 25.5 Å². The molecule has 2 saturated heterocycles. The van der Waals surface area contributed by atoms with Crippen LogP contribution < -0.4 is 10.2 Å². The first-order valence-corrected chi connectivity index (χ1v) is 12.2. The normalized spacial score (nSPS) is 20.0. The van der Waals surface area contributed by atoms with E-state index < -0.39 is 11.6 Å². The number of morpholine rings is 1. The van der Waals surface area contributed by atoms with Crippen molar-refractivity contribution >= 4 is 22.8 Å². The Morgan fingerprint density at radius 1 is 1.14 bits per heavy atom. The summed E-state index contributed by atoms with van der Waals surface area (Å²) in [7, 11) is 1.80. The molecule has 8 nitrogen and oxygen atoms in total. The summed E-state index contributed by atoms with van der Waals surface area (Å²) in [5.41, 5.74) is 4.83. The van der Waals surface area contributed by atoms with Crippen molar-refractivity contribution in [2.24, 2.45) is 12.2 Å². The lowest BCUT2D eigenvalue weighted by molar-refractivity contribution is -0.00896. The number of hydrogen-bond acceptors (Lipinski definition) is 7. The van der Waals surface area contributed by atoms with Crippen LogP contribution in [0.25, 0.3) is 33.2 Å². The van der Waals surface area contributed by atoms with Crippen LogP contribution in [0.2, 0.25) is 0 Å². The zero-order valence-corrected chi connectivity index (χ0v) is 20.2. The molecule has 37 heavy (non-hydrogen) atoms. The van der Waals surface area contributed by atoms with E-state index >= 15 is 0 Å². The number of halogens is 2. The molecule has 0 saturated carbocycles. The summed E-state index contributed by atoms with van der Waals surface area (Å²) in [6.45, 7) is 2.87. The number of aromatic nitrogens is 3. The first-order chi connectivity index (χ1) is 18.0. The second-order valence-electron chi connectivity index (χ2n) is 9.46. The Bertz CT molecular complexity index is 1480. The molecule has 2 aromatic heterocycles. The number of anilines is 1. The molecule has 0 amide bonds. The average molecular weight is 505 g/mol. The predicted octanol–water partition coefficient (Wildman–Crippen LogP) is 3.96. The summed E-state index contributed by atoms with van der Waals surface area (Å²) in [6, 6.07) is 9.68. The fourth-order valence-corrected chi connectivity index (χ4v) is 5.46. The maximum Gasteiger partial charge on any atom is 0.126 e. The van der Waals surface area contributed by atoms with Gasteiger partial charge in [0.05, 0.1) is 30.1 Å². The van der Waals surface area contributed by atoms with E-state index in [1.807, 2.05) is 24.4 Å². The van der Waals surface area contributed by atoms with Crippen molar-refractivity contribution in [1.29, 1.82) is 0 Å². The molecule has 2 aliphatic rings. The average Bonchev–Trinajstić information content (AvgIpc) is 3.27. The van der Waals surface area contributed by atoms with Crippen molar-refractivity contribution in [2.45, 2.75) is 18.6 Å². The molecular formula is C27H26F2N6O2. The number of fused-ring (bicyclic) bond motifs is 2. The van der Waals surface area contributed by atoms with Gasteiger partial charge in [0.15, 0.2) is 0 Å². The molecule has 4 aromatic rings. The molecule has 6 rings (SSSR count). The SMILES string of the molecule is Cn1cc(-c2ccc3ncc(-c4cc(F)cc(F)c4)c(N4CCC5NCCOC5C4)c3c2)c(C=NO)n1. The fraction of sp³-hybridized carbons (Fsp3) is 0.296. The van der Waals surface area contributed by atoms with E-state index in [4.69, 9.17) is 9.94 Å². The molecule has 4 heterocycles. The van der Waals surface area contributed by atoms with Crippen LogP contribution in [-0.4, -0.2) is 64.6 Å². The van der Waals surface area contributed by atoms with Crippen molar-refractivity contribution in [3.8, 4) is 22.3 Å². The van der Waals surface area contributed by atoms with Crippen LogP contribution in [0.4, 0.5) is 14.5 Å². The van der Waals surface area contributed by atoms with Gasteiger partial charge in [-0.25, -0.2) is 8.78 Å². The maximum absolute atomic E-state index is 14.3. The van der Waals surface area contributed by atoms with E-state index in [1.54, 1.807) is 17.9 Å². The minimum absolute atomic E-state index is 0.0108. The molecule has 2 unspecified atom stereocenters. The first-order valence-electron chi connectivity index (χ1n) is 12.2. The van der Waals surface area contributed by atoms with Crippen molar-refractivity contribution in [3.63, 3.8) is 0 Å². The van der Waals surface area contributed by atoms with E-state index in [-0.39, 0.29) is 12.1 Å². The summed E-state index contributed by atoms with van der Waals surface area (Å²) in [4.78, 5) is 6.89. The lowest BCUT2D eigenvalue weighted by Crippen LogP contribution is -2.57. The highest BCUT2D eigenvalue weighted by molar-refractivity contribution is 6.02. The standard InChI is InChI=1S/C27H26F2N6O2/c1-34-14-22(25(33-34)13-32-36)16-2-3-23-20(10-16)27(35-6-4-24-26(15-35)37-7-5-30-24)21(12-31-23)17-8-18(28)11-19(29)9-17/h2-3,8-14,24,26,30,36H,4-7,15H2,1H3. The fourth-order valence-electron chi connectivity index (χ4n) is 5.46. The molecule has 0 radical (unpaired) electrons. The second-order valence-corrected chi connectivity index (χ2v) is 9.46. The zero-order chi connectivity index (χ0) is 25.5. The van der Waals surface area contributed by atoms with Gasteiger partial charge in [-0.05, 0) is 41.8 Å². The molecule has 2 aliphatic heterocycles. The van der Waals surface area contributed by atoms with E-state index in [1.165, 1.54) is 18.3 Å². The number of pyridine rings is 1. The number of hydrogen-bond donors (Lipinski definition) is 2. The van der Waals surface area contributed by atoms with Gasteiger partial charge in [-0.1, -0.05) is 11.2 Å². The number of rotatable bonds is 4. The van der Waals surface area contributed by atoms with E-state index in [9.17, 15) is 8.78 Å². The van der Waals surface area contributed by atoms with Crippen LogP contribution in [0.5, 0.6) is 0 Å². The van der Waals surface area contributed by atoms with Crippen molar-refractivity contribution < 1.29 is 18.7 Å². The molecule has 2 atom stereocenters. The molecule has 2 fully saturated rings. The Labute approximate surface area is 212 Å². The van der Waals surface area contributed by atoms with Crippen LogP contribution in [-0.2, 0) is 11.8 Å². The molecule has 10 heteroatoms. The largest absolute Gasteiger partial charge is 0.411 e. The monoisotopic (exact) mass is 504 g/mol. The quantitative estimate of drug-likeness (QED) is 0.249. The molecule has 0 aliphatic carbocycles. The van der Waals surface area contributed by atoms with Crippen LogP contribution in [0.15, 0.2) is 53.9 Å². The molecule has 2 aromatic carbocycles. The minimum Gasteiger partial charge on any atom is -0.411 e. The van der Waals surface area contributed by atoms with Gasteiger partial charge in [0, 0.05) is 67.7 Å². The number of nitrogens with one attached hydrogen (secondary N) is 1. The van der Waals surface area contributed by atoms with Crippen molar-refractivity contribution in [1.82, 2.24) is 20.1 Å². The predicted molar refractivity (Wildman–Crippen MR) is 137 cm³/mol. The Balaban J connectivity index is 1.55. The van der Waals surface area contributed by atoms with Gasteiger partial charge in [-0.15, -0.1) is 0 Å². The summed E-state index contributed by atoms with van der Waals surface area (Å²) in [5.74, 6) is -1.28. The van der Waals surface area contributed by atoms with Gasteiger partial charge in [0.1, 0.15) is 17.3 Å². The third-order valence-electron chi connectivity index (χ3n) is 7.08. The smallest absolute Gasteiger partial charge is 0.126 e. The molecule has 2 N–H and O–H groups in total. The van der Waals surface area contributed by atoms with Gasteiger partial charge >= 0.3 is 0 Å². The first kappa shape index (κ1) is 23.5. The molecule has 190 valence electrons. The number of piperidine rings is 1. The highest BCUT2D eigenvalue weighted by atomic mass is 19.1. The Morgan fingerprint density at radius 2 is 1.97 bits per heavy atom. The van der Waals surface area contributed by atoms with Gasteiger partial charge in [-0.2, -0.15) is 5.10 Å². The summed E-state index contributed by atoms with van der Waals surface area (Å²) >= 11 is 0. The number of oxime groups is 1. The third-order valence-corrected chi connectivity index (χ3v) is 7.08. The van der Waals surface area contributed by atoms with Crippen LogP contribution in [0.1, 0.15) is 12.1 Å². The lowest BCUT2D eigenvalue weighted by Gasteiger charge is -2.43. The van der Waals surface area contributed by atoms with Crippen LogP contribution in [0, 0.1) is 11.6 Å². The highest BCUT2D eigenvalue weighted by Crippen LogP contribution is 2.40. The number of ether oxygens (including phenoxy) is 1. The number of nitrogens with zero attached hydrogens (tertiary/aromatic N) is 5. The zero-order valence-electron chi connectivity index (χ0n) is 20.2. The van der Waals surface area contributed by atoms with Gasteiger partial charge in [0.2, 0.25) is 0 Å². The highest BCUT2D eigenvalue weighted by Gasteiger charge is 2.33. The maximum atomic E-state index is 14.3. The van der Waals surface area contributed by atoms with Gasteiger partial charge < -0.3 is 20.2 Å². The van der Waals surface area contributed by atoms with Crippen molar-refractivity contribution in [3.05, 3.63) is 66.1 Å². The lowest BCUT2D eigenvalue weighted by atomic mass is 9.95. The van der Waals surface area contributed by atoms with Gasteiger partial charge in [0.25, 0.3) is 0 Å². The third kappa shape index (κ3) is 4.42. The Kier molecular flexibility index (Phi) is 6.05. The minimum atomic E-state index is -0.642. The summed E-state index contributed by atoms with van der Waals surface area (Å²) in [5, 5.41) is 21.0. The topological polar surface area (TPSA) is 87.8 Å². The Hall–Kier alpha value is -3.89. The van der Waals surface area contributed by atoms with Crippen molar-refractivity contribution in [2.75, 3.05) is 31.1 Å². The molecular weight excluding hydrogens is 478 g/mol. The summed E-state index contributed by atoms with van der Waals surface area (Å²) in [6.07, 6.45) is 5.72. The summed E-state index contributed by atoms with van der Waals surface area (Å²) < 4.78 is 36.3. The second kappa shape index (κ2) is 9.53. The molecule has 0 spiro atoms. The molecule has 0 bridgehead atoms. The van der Waals surface area contributed by atoms with Crippen LogP contribution >= 0.6 is 0 Å². The van der Waals surface area contributed by atoms with E-state index in [0.717, 1.165) is 53.3 Å². The van der Waals surface area contributed by atoms with E-state index in [0.29, 0.717) is 30.0 Å². The number of aryl methyl sites for hydroxylation is 1. The number of benzene rings is 2.